The van der Waals surface area contributed by atoms with E-state index in [4.69, 9.17) is 16.3 Å². The third kappa shape index (κ3) is 3.24. The van der Waals surface area contributed by atoms with Crippen molar-refractivity contribution in [3.8, 4) is 5.75 Å². The highest BCUT2D eigenvalue weighted by Gasteiger charge is 2.08. The molecular weight excluding hydrogens is 264 g/mol. The number of hydrogen-bond donors (Lipinski definition) is 1. The normalized spacial score (nSPS) is 10.7. The summed E-state index contributed by atoms with van der Waals surface area (Å²) in [6.45, 7) is 4.11. The van der Waals surface area contributed by atoms with Crippen molar-refractivity contribution in [1.82, 2.24) is 20.1 Å². The van der Waals surface area contributed by atoms with E-state index in [2.05, 4.69) is 15.4 Å². The molecule has 0 aliphatic heterocycles. The van der Waals surface area contributed by atoms with Crippen LogP contribution in [0.5, 0.6) is 5.75 Å². The lowest BCUT2D eigenvalue weighted by Gasteiger charge is -2.11. The highest BCUT2D eigenvalue weighted by molar-refractivity contribution is 6.31. The summed E-state index contributed by atoms with van der Waals surface area (Å²) in [6, 6.07) is 5.63. The van der Waals surface area contributed by atoms with Gasteiger partial charge in [-0.2, -0.15) is 5.10 Å². The molecule has 102 valence electrons. The largest absolute Gasteiger partial charge is 0.496 e. The van der Waals surface area contributed by atoms with Crippen molar-refractivity contribution in [1.29, 1.82) is 0 Å². The minimum Gasteiger partial charge on any atom is -0.496 e. The molecule has 0 fully saturated rings. The van der Waals surface area contributed by atoms with E-state index < -0.39 is 0 Å². The van der Waals surface area contributed by atoms with Gasteiger partial charge in [-0.1, -0.05) is 17.7 Å². The Labute approximate surface area is 117 Å². The number of nitrogens with zero attached hydrogens (tertiary/aromatic N) is 3. The molecule has 1 aromatic heterocycles. The Kier molecular flexibility index (Phi) is 4.76. The number of nitrogens with one attached hydrogen (secondary N) is 1. The van der Waals surface area contributed by atoms with Gasteiger partial charge in [-0.05, 0) is 19.1 Å². The quantitative estimate of drug-likeness (QED) is 0.882. The van der Waals surface area contributed by atoms with Crippen LogP contribution >= 0.6 is 11.6 Å². The average molecular weight is 281 g/mol. The molecule has 0 spiro atoms. The third-order valence-electron chi connectivity index (χ3n) is 2.88. The zero-order valence-electron chi connectivity index (χ0n) is 11.1. The Hall–Kier alpha value is -1.59. The molecule has 1 N–H and O–H groups in total. The predicted octanol–water partition coefficient (Wildman–Crippen LogP) is 2.25. The van der Waals surface area contributed by atoms with E-state index in [0.717, 1.165) is 23.7 Å². The molecule has 0 amide bonds. The van der Waals surface area contributed by atoms with Crippen molar-refractivity contribution < 1.29 is 4.74 Å². The molecule has 0 unspecified atom stereocenters. The molecule has 1 aromatic carbocycles. The summed E-state index contributed by atoms with van der Waals surface area (Å²) in [5.74, 6) is 1.70. The van der Waals surface area contributed by atoms with Gasteiger partial charge in [0, 0.05) is 23.7 Å². The average Bonchev–Trinajstić information content (AvgIpc) is 2.88. The van der Waals surface area contributed by atoms with Gasteiger partial charge in [-0.25, -0.2) is 9.67 Å². The van der Waals surface area contributed by atoms with Gasteiger partial charge < -0.3 is 10.1 Å². The van der Waals surface area contributed by atoms with Crippen LogP contribution in [-0.2, 0) is 19.6 Å². The molecule has 0 radical (unpaired) electrons. The summed E-state index contributed by atoms with van der Waals surface area (Å²) in [4.78, 5) is 4.21. The monoisotopic (exact) mass is 280 g/mol. The van der Waals surface area contributed by atoms with Gasteiger partial charge in [0.05, 0.1) is 13.7 Å². The van der Waals surface area contributed by atoms with Crippen LogP contribution in [0, 0.1) is 0 Å². The molecule has 5 nitrogen and oxygen atoms in total. The van der Waals surface area contributed by atoms with Gasteiger partial charge in [-0.15, -0.1) is 0 Å². The first-order chi connectivity index (χ1) is 9.26. The molecule has 0 atom stereocenters. The molecule has 1 heterocycles. The van der Waals surface area contributed by atoms with Crippen LogP contribution in [0.2, 0.25) is 5.02 Å². The molecule has 0 saturated carbocycles. The van der Waals surface area contributed by atoms with E-state index in [0.29, 0.717) is 18.1 Å². The summed E-state index contributed by atoms with van der Waals surface area (Å²) in [5.41, 5.74) is 0.953. The number of aromatic nitrogens is 3. The van der Waals surface area contributed by atoms with E-state index >= 15 is 0 Å². The van der Waals surface area contributed by atoms with E-state index in [1.54, 1.807) is 13.4 Å². The first kappa shape index (κ1) is 13.8. The first-order valence-electron chi connectivity index (χ1n) is 6.15. The van der Waals surface area contributed by atoms with Gasteiger partial charge in [0.1, 0.15) is 17.9 Å². The lowest BCUT2D eigenvalue weighted by atomic mass is 10.2. The summed E-state index contributed by atoms with van der Waals surface area (Å²) >= 11 is 6.17. The van der Waals surface area contributed by atoms with Gasteiger partial charge in [0.2, 0.25) is 0 Å². The van der Waals surface area contributed by atoms with Crippen molar-refractivity contribution in [2.75, 3.05) is 7.11 Å². The highest BCUT2D eigenvalue weighted by atomic mass is 35.5. The molecule has 0 saturated heterocycles. The van der Waals surface area contributed by atoms with E-state index in [1.165, 1.54) is 0 Å². The fourth-order valence-corrected chi connectivity index (χ4v) is 2.12. The Morgan fingerprint density at radius 2 is 2.21 bits per heavy atom. The number of methoxy groups -OCH3 is 1. The molecule has 2 rings (SSSR count). The maximum atomic E-state index is 6.17. The standard InChI is InChI=1S/C13H17ClN4O/c1-3-18-13(16-9-17-18)8-15-7-10-11(14)5-4-6-12(10)19-2/h4-6,9,15H,3,7-8H2,1-2H3. The van der Waals surface area contributed by atoms with E-state index in [-0.39, 0.29) is 0 Å². The second-order valence-corrected chi connectivity index (χ2v) is 4.42. The van der Waals surface area contributed by atoms with Crippen LogP contribution in [0.4, 0.5) is 0 Å². The molecule has 2 aromatic rings. The summed E-state index contributed by atoms with van der Waals surface area (Å²) in [7, 11) is 1.64. The Balaban J connectivity index is 2.00. The fourth-order valence-electron chi connectivity index (χ4n) is 1.89. The molecule has 19 heavy (non-hydrogen) atoms. The first-order valence-corrected chi connectivity index (χ1v) is 6.52. The molecule has 0 bridgehead atoms. The zero-order valence-corrected chi connectivity index (χ0v) is 11.8. The second-order valence-electron chi connectivity index (χ2n) is 4.02. The molecule has 6 heteroatoms. The fraction of sp³-hybridized carbons (Fsp3) is 0.385. The van der Waals surface area contributed by atoms with E-state index in [9.17, 15) is 0 Å². The van der Waals surface area contributed by atoms with Crippen LogP contribution in [0.3, 0.4) is 0 Å². The summed E-state index contributed by atoms with van der Waals surface area (Å²) < 4.78 is 7.16. The van der Waals surface area contributed by atoms with Gasteiger partial charge >= 0.3 is 0 Å². The van der Waals surface area contributed by atoms with Crippen molar-refractivity contribution in [2.24, 2.45) is 0 Å². The lowest BCUT2D eigenvalue weighted by molar-refractivity contribution is 0.407. The minimum absolute atomic E-state index is 0.624. The Morgan fingerprint density at radius 1 is 1.37 bits per heavy atom. The molecule has 0 aliphatic carbocycles. The second kappa shape index (κ2) is 6.54. The van der Waals surface area contributed by atoms with Crippen molar-refractivity contribution in [3.63, 3.8) is 0 Å². The maximum Gasteiger partial charge on any atom is 0.140 e. The maximum absolute atomic E-state index is 6.17. The lowest BCUT2D eigenvalue weighted by Crippen LogP contribution is -2.17. The van der Waals surface area contributed by atoms with Crippen molar-refractivity contribution >= 4 is 11.6 Å². The molecular formula is C13H17ClN4O. The van der Waals surface area contributed by atoms with Crippen LogP contribution in [0.25, 0.3) is 0 Å². The Morgan fingerprint density at radius 3 is 2.95 bits per heavy atom. The number of halogens is 1. The van der Waals surface area contributed by atoms with Gasteiger partial charge in [-0.3, -0.25) is 0 Å². The minimum atomic E-state index is 0.624. The Bertz CT molecular complexity index is 541. The van der Waals surface area contributed by atoms with Crippen LogP contribution < -0.4 is 10.1 Å². The zero-order chi connectivity index (χ0) is 13.7. The van der Waals surface area contributed by atoms with Gasteiger partial charge in [0.15, 0.2) is 0 Å². The van der Waals surface area contributed by atoms with Crippen molar-refractivity contribution in [2.45, 2.75) is 26.6 Å². The van der Waals surface area contributed by atoms with Crippen LogP contribution in [0.15, 0.2) is 24.5 Å². The predicted molar refractivity (Wildman–Crippen MR) is 74.2 cm³/mol. The van der Waals surface area contributed by atoms with Crippen LogP contribution in [0.1, 0.15) is 18.3 Å². The third-order valence-corrected chi connectivity index (χ3v) is 3.23. The number of benzene rings is 1. The van der Waals surface area contributed by atoms with Crippen LogP contribution in [-0.4, -0.2) is 21.9 Å². The number of hydrogen-bond acceptors (Lipinski definition) is 4. The summed E-state index contributed by atoms with van der Waals surface area (Å²) in [5, 5.41) is 8.13. The van der Waals surface area contributed by atoms with E-state index in [1.807, 2.05) is 29.8 Å². The molecule has 0 aliphatic rings. The highest BCUT2D eigenvalue weighted by Crippen LogP contribution is 2.25. The topological polar surface area (TPSA) is 52.0 Å². The smallest absolute Gasteiger partial charge is 0.140 e. The number of rotatable bonds is 6. The van der Waals surface area contributed by atoms with Crippen molar-refractivity contribution in [3.05, 3.63) is 40.9 Å². The SMILES string of the molecule is CCn1ncnc1CNCc1c(Cl)cccc1OC. The number of aryl methyl sites for hydroxylation is 1. The van der Waals surface area contributed by atoms with Gasteiger partial charge in [0.25, 0.3) is 0 Å². The number of ether oxygens (including phenoxy) is 1. The summed E-state index contributed by atoms with van der Waals surface area (Å²) in [6.07, 6.45) is 1.57.